The summed E-state index contributed by atoms with van der Waals surface area (Å²) in [6.07, 6.45) is 7.89. The van der Waals surface area contributed by atoms with Crippen molar-refractivity contribution in [3.05, 3.63) is 21.4 Å². The standard InChI is InChI=1S/C17H25NO2S/c1-2-12-6-7-15-13(9-12)10-16(21-15)17(20)18-8-4-3-5-14(18)11-19/h10,12,14,19H,2-9,11H2,1H3. The molecule has 3 rings (SSSR count). The molecule has 1 saturated heterocycles. The van der Waals surface area contributed by atoms with E-state index in [1.54, 1.807) is 11.3 Å². The Hall–Kier alpha value is -0.870. The van der Waals surface area contributed by atoms with Gasteiger partial charge >= 0.3 is 0 Å². The second kappa shape index (κ2) is 6.49. The number of thiophene rings is 1. The Kier molecular flexibility index (Phi) is 4.65. The van der Waals surface area contributed by atoms with Gasteiger partial charge in [-0.3, -0.25) is 4.79 Å². The predicted octanol–water partition coefficient (Wildman–Crippen LogP) is 3.25. The van der Waals surface area contributed by atoms with E-state index in [9.17, 15) is 9.90 Å². The van der Waals surface area contributed by atoms with Crippen LogP contribution >= 0.6 is 11.3 Å². The molecular formula is C17H25NO2S. The van der Waals surface area contributed by atoms with Crippen LogP contribution in [0.3, 0.4) is 0 Å². The Morgan fingerprint density at radius 2 is 2.29 bits per heavy atom. The van der Waals surface area contributed by atoms with Crippen LogP contribution in [0, 0.1) is 5.92 Å². The van der Waals surface area contributed by atoms with Crippen molar-refractivity contribution in [3.63, 3.8) is 0 Å². The first-order valence-corrected chi connectivity index (χ1v) is 9.08. The highest BCUT2D eigenvalue weighted by Gasteiger charge is 2.29. The number of amides is 1. The number of aliphatic hydroxyl groups excluding tert-OH is 1. The van der Waals surface area contributed by atoms with Crippen LogP contribution in [0.4, 0.5) is 0 Å². The average molecular weight is 307 g/mol. The third-order valence-corrected chi connectivity index (χ3v) is 6.30. The first kappa shape index (κ1) is 15.0. The first-order chi connectivity index (χ1) is 10.2. The summed E-state index contributed by atoms with van der Waals surface area (Å²) < 4.78 is 0. The molecule has 1 N–H and O–H groups in total. The van der Waals surface area contributed by atoms with Crippen molar-refractivity contribution >= 4 is 17.2 Å². The molecule has 4 heteroatoms. The average Bonchev–Trinajstić information content (AvgIpc) is 2.96. The van der Waals surface area contributed by atoms with Gasteiger partial charge in [0.05, 0.1) is 17.5 Å². The number of hydrogen-bond donors (Lipinski definition) is 1. The fraction of sp³-hybridized carbons (Fsp3) is 0.706. The Morgan fingerprint density at radius 3 is 3.05 bits per heavy atom. The second-order valence-electron chi connectivity index (χ2n) is 6.41. The Bertz CT molecular complexity index is 511. The van der Waals surface area contributed by atoms with Crippen LogP contribution in [0.25, 0.3) is 0 Å². The molecule has 21 heavy (non-hydrogen) atoms. The van der Waals surface area contributed by atoms with E-state index >= 15 is 0 Å². The molecule has 1 aliphatic carbocycles. The van der Waals surface area contributed by atoms with Crippen LogP contribution in [-0.2, 0) is 12.8 Å². The summed E-state index contributed by atoms with van der Waals surface area (Å²) in [4.78, 5) is 17.0. The third kappa shape index (κ3) is 3.02. The van der Waals surface area contributed by atoms with Crippen molar-refractivity contribution in [1.29, 1.82) is 0 Å². The van der Waals surface area contributed by atoms with Crippen molar-refractivity contribution < 1.29 is 9.90 Å². The molecule has 2 atom stereocenters. The van der Waals surface area contributed by atoms with Gasteiger partial charge in [-0.15, -0.1) is 11.3 Å². The van der Waals surface area contributed by atoms with Gasteiger partial charge in [-0.1, -0.05) is 13.3 Å². The SMILES string of the molecule is CCC1CCc2sc(C(=O)N3CCCCC3CO)cc2C1. The minimum atomic E-state index is 0.0220. The maximum atomic E-state index is 12.8. The van der Waals surface area contributed by atoms with Gasteiger partial charge in [0.2, 0.25) is 0 Å². The van der Waals surface area contributed by atoms with Gasteiger partial charge in [-0.2, -0.15) is 0 Å². The molecule has 3 nitrogen and oxygen atoms in total. The smallest absolute Gasteiger partial charge is 0.264 e. The van der Waals surface area contributed by atoms with Crippen LogP contribution in [0.15, 0.2) is 6.07 Å². The van der Waals surface area contributed by atoms with E-state index in [4.69, 9.17) is 0 Å². The van der Waals surface area contributed by atoms with Gasteiger partial charge in [-0.05, 0) is 56.1 Å². The lowest BCUT2D eigenvalue weighted by molar-refractivity contribution is 0.0507. The number of piperidine rings is 1. The maximum absolute atomic E-state index is 12.8. The summed E-state index contributed by atoms with van der Waals surface area (Å²) in [6.45, 7) is 3.15. The van der Waals surface area contributed by atoms with Crippen LogP contribution in [0.1, 0.15) is 59.1 Å². The zero-order chi connectivity index (χ0) is 14.8. The number of aryl methyl sites for hydroxylation is 1. The van der Waals surface area contributed by atoms with Crippen molar-refractivity contribution in [1.82, 2.24) is 4.90 Å². The lowest BCUT2D eigenvalue weighted by Gasteiger charge is -2.34. The molecule has 2 unspecified atom stereocenters. The minimum absolute atomic E-state index is 0.0220. The number of nitrogens with zero attached hydrogens (tertiary/aromatic N) is 1. The highest BCUT2D eigenvalue weighted by molar-refractivity contribution is 7.14. The Balaban J connectivity index is 1.77. The molecule has 1 aromatic heterocycles. The van der Waals surface area contributed by atoms with Crippen molar-refractivity contribution in [2.24, 2.45) is 5.92 Å². The first-order valence-electron chi connectivity index (χ1n) is 8.26. The van der Waals surface area contributed by atoms with Crippen LogP contribution < -0.4 is 0 Å². The fourth-order valence-electron chi connectivity index (χ4n) is 3.65. The summed E-state index contributed by atoms with van der Waals surface area (Å²) in [6, 6.07) is 2.15. The third-order valence-electron chi connectivity index (χ3n) is 5.07. The van der Waals surface area contributed by atoms with Gasteiger partial charge in [0.15, 0.2) is 0 Å². The highest BCUT2D eigenvalue weighted by Crippen LogP contribution is 2.34. The summed E-state index contributed by atoms with van der Waals surface area (Å²) in [5.41, 5.74) is 1.40. The van der Waals surface area contributed by atoms with E-state index < -0.39 is 0 Å². The van der Waals surface area contributed by atoms with Gasteiger partial charge in [0, 0.05) is 11.4 Å². The summed E-state index contributed by atoms with van der Waals surface area (Å²) in [5.74, 6) is 0.927. The van der Waals surface area contributed by atoms with E-state index in [0.717, 1.165) is 49.4 Å². The molecule has 1 amide bonds. The van der Waals surface area contributed by atoms with Crippen LogP contribution in [0.2, 0.25) is 0 Å². The number of carbonyl (C=O) groups is 1. The van der Waals surface area contributed by atoms with E-state index in [2.05, 4.69) is 13.0 Å². The Morgan fingerprint density at radius 1 is 1.43 bits per heavy atom. The summed E-state index contributed by atoms with van der Waals surface area (Å²) in [5, 5.41) is 9.50. The topological polar surface area (TPSA) is 40.5 Å². The minimum Gasteiger partial charge on any atom is -0.394 e. The van der Waals surface area contributed by atoms with Gasteiger partial charge in [0.1, 0.15) is 0 Å². The van der Waals surface area contributed by atoms with Crippen LogP contribution in [-0.4, -0.2) is 35.1 Å². The number of rotatable bonds is 3. The fourth-order valence-corrected chi connectivity index (χ4v) is 4.82. The quantitative estimate of drug-likeness (QED) is 0.931. The van der Waals surface area contributed by atoms with Crippen molar-refractivity contribution in [2.45, 2.75) is 57.9 Å². The molecule has 1 aliphatic heterocycles. The van der Waals surface area contributed by atoms with Gasteiger partial charge < -0.3 is 10.0 Å². The predicted molar refractivity (Wildman–Crippen MR) is 85.9 cm³/mol. The molecule has 2 aliphatic rings. The molecule has 0 saturated carbocycles. The van der Waals surface area contributed by atoms with Crippen LogP contribution in [0.5, 0.6) is 0 Å². The molecule has 0 radical (unpaired) electrons. The van der Waals surface area contributed by atoms with E-state index in [-0.39, 0.29) is 18.6 Å². The maximum Gasteiger partial charge on any atom is 0.264 e. The zero-order valence-electron chi connectivity index (χ0n) is 12.8. The number of likely N-dealkylation sites (tertiary alicyclic amines) is 1. The molecular weight excluding hydrogens is 282 g/mol. The molecule has 1 aromatic rings. The molecule has 0 spiro atoms. The van der Waals surface area contributed by atoms with Gasteiger partial charge in [-0.25, -0.2) is 0 Å². The Labute approximate surface area is 131 Å². The van der Waals surface area contributed by atoms with Crippen molar-refractivity contribution in [3.8, 4) is 0 Å². The van der Waals surface area contributed by atoms with E-state index in [1.165, 1.54) is 23.3 Å². The lowest BCUT2D eigenvalue weighted by atomic mass is 9.87. The highest BCUT2D eigenvalue weighted by atomic mass is 32.1. The number of hydrogen-bond acceptors (Lipinski definition) is 3. The second-order valence-corrected chi connectivity index (χ2v) is 7.54. The largest absolute Gasteiger partial charge is 0.394 e. The molecule has 0 bridgehead atoms. The molecule has 1 fully saturated rings. The van der Waals surface area contributed by atoms with E-state index in [1.807, 2.05) is 4.90 Å². The summed E-state index contributed by atoms with van der Waals surface area (Å²) >= 11 is 1.69. The zero-order valence-corrected chi connectivity index (χ0v) is 13.6. The van der Waals surface area contributed by atoms with Crippen molar-refractivity contribution in [2.75, 3.05) is 13.2 Å². The molecule has 0 aromatic carbocycles. The normalized spacial score (nSPS) is 25.7. The molecule has 2 heterocycles. The number of aliphatic hydroxyl groups is 1. The van der Waals surface area contributed by atoms with Gasteiger partial charge in [0.25, 0.3) is 5.91 Å². The summed E-state index contributed by atoms with van der Waals surface area (Å²) in [7, 11) is 0. The number of fused-ring (bicyclic) bond motifs is 1. The number of carbonyl (C=O) groups excluding carboxylic acids is 1. The van der Waals surface area contributed by atoms with E-state index in [0.29, 0.717) is 0 Å². The lowest BCUT2D eigenvalue weighted by Crippen LogP contribution is -2.45. The molecule has 116 valence electrons. The monoisotopic (exact) mass is 307 g/mol.